The zero-order valence-electron chi connectivity index (χ0n) is 15.0. The minimum Gasteiger partial charge on any atom is -0.371 e. The molecule has 0 radical (unpaired) electrons. The molecule has 2 aliphatic rings. The second-order valence-corrected chi connectivity index (χ2v) is 9.29. The van der Waals surface area contributed by atoms with E-state index in [1.54, 1.807) is 6.07 Å². The van der Waals surface area contributed by atoms with Gasteiger partial charge in [-0.15, -0.1) is 0 Å². The predicted octanol–water partition coefficient (Wildman–Crippen LogP) is 3.29. The lowest BCUT2D eigenvalue weighted by atomic mass is 9.91. The lowest BCUT2D eigenvalue weighted by molar-refractivity contribution is 0.345. The van der Waals surface area contributed by atoms with Crippen molar-refractivity contribution in [1.82, 2.24) is 4.90 Å². The first kappa shape index (κ1) is 17.5. The predicted molar refractivity (Wildman–Crippen MR) is 100.0 cm³/mol. The van der Waals surface area contributed by atoms with Gasteiger partial charge in [-0.3, -0.25) is 0 Å². The number of benzene rings is 2. The van der Waals surface area contributed by atoms with Gasteiger partial charge in [-0.1, -0.05) is 0 Å². The summed E-state index contributed by atoms with van der Waals surface area (Å²) in [5, 5.41) is 0. The van der Waals surface area contributed by atoms with Crippen LogP contribution >= 0.6 is 0 Å². The van der Waals surface area contributed by atoms with E-state index in [0.717, 1.165) is 37.2 Å². The van der Waals surface area contributed by atoms with Crippen molar-refractivity contribution in [3.63, 3.8) is 0 Å². The maximum Gasteiger partial charge on any atom is 0.206 e. The largest absolute Gasteiger partial charge is 0.371 e. The molecule has 138 valence electrons. The molecule has 2 heterocycles. The molecule has 4 nitrogen and oxygen atoms in total. The standard InChI is InChI=1S/C20H23FN2O2S/c1-22-11-9-17-18-13-16(7-8-19(18)23(2)20(17)10-12-22)26(24,25)15-5-3-14(21)4-6-15/h3-8,13,17,20H,9-12H2,1-2H3/t17-,20-/m1/s1. The van der Waals surface area contributed by atoms with E-state index in [1.807, 2.05) is 12.1 Å². The number of likely N-dealkylation sites (tertiary alicyclic amines) is 1. The summed E-state index contributed by atoms with van der Waals surface area (Å²) in [5.41, 5.74) is 2.25. The van der Waals surface area contributed by atoms with Crippen LogP contribution in [0.4, 0.5) is 10.1 Å². The van der Waals surface area contributed by atoms with Crippen LogP contribution in [-0.4, -0.2) is 46.5 Å². The van der Waals surface area contributed by atoms with E-state index < -0.39 is 15.7 Å². The highest BCUT2D eigenvalue weighted by Crippen LogP contribution is 2.45. The third kappa shape index (κ3) is 2.81. The molecule has 4 rings (SSSR count). The van der Waals surface area contributed by atoms with Gasteiger partial charge in [-0.25, -0.2) is 12.8 Å². The van der Waals surface area contributed by atoms with Gasteiger partial charge in [-0.05, 0) is 81.0 Å². The fraction of sp³-hybridized carbons (Fsp3) is 0.400. The lowest BCUT2D eigenvalue weighted by Gasteiger charge is -2.25. The number of anilines is 1. The van der Waals surface area contributed by atoms with Gasteiger partial charge < -0.3 is 9.80 Å². The maximum atomic E-state index is 13.2. The molecule has 0 spiro atoms. The number of likely N-dealkylation sites (N-methyl/N-ethyl adjacent to an activating group) is 1. The average molecular weight is 374 g/mol. The molecule has 0 N–H and O–H groups in total. The normalized spacial score (nSPS) is 23.4. The molecule has 0 amide bonds. The molecule has 0 aliphatic carbocycles. The SMILES string of the molecule is CN1CC[C@@H]2c3cc(S(=O)(=O)c4ccc(F)cc4)ccc3N(C)[C@@H]2CC1. The molecule has 0 bridgehead atoms. The minimum atomic E-state index is -3.65. The first-order valence-electron chi connectivity index (χ1n) is 8.94. The summed E-state index contributed by atoms with van der Waals surface area (Å²) in [4.78, 5) is 5.05. The zero-order valence-corrected chi connectivity index (χ0v) is 15.8. The van der Waals surface area contributed by atoms with Crippen molar-refractivity contribution in [1.29, 1.82) is 0 Å². The maximum absolute atomic E-state index is 13.2. The smallest absolute Gasteiger partial charge is 0.206 e. The van der Waals surface area contributed by atoms with Crippen LogP contribution in [0.25, 0.3) is 0 Å². The van der Waals surface area contributed by atoms with Crippen molar-refractivity contribution in [2.75, 3.05) is 32.1 Å². The minimum absolute atomic E-state index is 0.127. The molecule has 0 saturated carbocycles. The number of sulfone groups is 1. The Labute approximate surface area is 154 Å². The highest BCUT2D eigenvalue weighted by atomic mass is 32.2. The molecule has 6 heteroatoms. The molecule has 2 aromatic rings. The van der Waals surface area contributed by atoms with E-state index in [-0.39, 0.29) is 9.79 Å². The Kier molecular flexibility index (Phi) is 4.28. The summed E-state index contributed by atoms with van der Waals surface area (Å²) in [6.07, 6.45) is 2.10. The Morgan fingerprint density at radius 1 is 0.962 bits per heavy atom. The van der Waals surface area contributed by atoms with Crippen LogP contribution in [0.5, 0.6) is 0 Å². The molecule has 1 fully saturated rings. The van der Waals surface area contributed by atoms with E-state index in [1.165, 1.54) is 24.3 Å². The van der Waals surface area contributed by atoms with Gasteiger partial charge >= 0.3 is 0 Å². The highest BCUT2D eigenvalue weighted by molar-refractivity contribution is 7.91. The number of nitrogens with zero attached hydrogens (tertiary/aromatic N) is 2. The van der Waals surface area contributed by atoms with E-state index in [4.69, 9.17) is 0 Å². The summed E-state index contributed by atoms with van der Waals surface area (Å²) in [6, 6.07) is 10.9. The molecule has 2 atom stereocenters. The molecule has 2 aromatic carbocycles. The Morgan fingerprint density at radius 2 is 1.62 bits per heavy atom. The van der Waals surface area contributed by atoms with Crippen molar-refractivity contribution in [3.8, 4) is 0 Å². The third-order valence-electron chi connectivity index (χ3n) is 5.80. The number of halogens is 1. The number of hydrogen-bond donors (Lipinski definition) is 0. The van der Waals surface area contributed by atoms with Crippen molar-refractivity contribution in [2.24, 2.45) is 0 Å². The quantitative estimate of drug-likeness (QED) is 0.757. The fourth-order valence-corrected chi connectivity index (χ4v) is 5.59. The second-order valence-electron chi connectivity index (χ2n) is 7.34. The number of rotatable bonds is 2. The van der Waals surface area contributed by atoms with Crippen molar-refractivity contribution >= 4 is 15.5 Å². The summed E-state index contributed by atoms with van der Waals surface area (Å²) < 4.78 is 39.1. The van der Waals surface area contributed by atoms with Crippen molar-refractivity contribution < 1.29 is 12.8 Å². The van der Waals surface area contributed by atoms with Gasteiger partial charge in [-0.2, -0.15) is 0 Å². The lowest BCUT2D eigenvalue weighted by Crippen LogP contribution is -2.31. The van der Waals surface area contributed by atoms with E-state index >= 15 is 0 Å². The van der Waals surface area contributed by atoms with Crippen LogP contribution in [0.1, 0.15) is 24.3 Å². The van der Waals surface area contributed by atoms with Crippen molar-refractivity contribution in [3.05, 3.63) is 53.8 Å². The van der Waals surface area contributed by atoms with Crippen LogP contribution in [0.3, 0.4) is 0 Å². The van der Waals surface area contributed by atoms with E-state index in [9.17, 15) is 12.8 Å². The molecule has 2 aliphatic heterocycles. The van der Waals surface area contributed by atoms with Gasteiger partial charge in [0.25, 0.3) is 0 Å². The van der Waals surface area contributed by atoms with Crippen LogP contribution in [0, 0.1) is 5.82 Å². The summed E-state index contributed by atoms with van der Waals surface area (Å²) in [6.45, 7) is 2.07. The molecular formula is C20H23FN2O2S. The Morgan fingerprint density at radius 3 is 2.35 bits per heavy atom. The summed E-state index contributed by atoms with van der Waals surface area (Å²) in [7, 11) is 0.588. The second kappa shape index (κ2) is 6.35. The topological polar surface area (TPSA) is 40.6 Å². The van der Waals surface area contributed by atoms with Crippen LogP contribution in [0.2, 0.25) is 0 Å². The van der Waals surface area contributed by atoms with Gasteiger partial charge in [0.2, 0.25) is 9.84 Å². The van der Waals surface area contributed by atoms with Gasteiger partial charge in [0, 0.05) is 24.7 Å². The summed E-state index contributed by atoms with van der Waals surface area (Å²) >= 11 is 0. The van der Waals surface area contributed by atoms with Gasteiger partial charge in [0.05, 0.1) is 9.79 Å². The van der Waals surface area contributed by atoms with Crippen LogP contribution in [0.15, 0.2) is 52.3 Å². The van der Waals surface area contributed by atoms with Crippen LogP contribution < -0.4 is 4.90 Å². The van der Waals surface area contributed by atoms with E-state index in [0.29, 0.717) is 12.0 Å². The Bertz CT molecular complexity index is 927. The first-order valence-corrected chi connectivity index (χ1v) is 10.4. The first-order chi connectivity index (χ1) is 12.4. The molecule has 0 unspecified atom stereocenters. The number of fused-ring (bicyclic) bond motifs is 3. The summed E-state index contributed by atoms with van der Waals surface area (Å²) in [5.74, 6) is -0.0896. The van der Waals surface area contributed by atoms with E-state index in [2.05, 4.69) is 23.9 Å². The monoisotopic (exact) mass is 374 g/mol. The zero-order chi connectivity index (χ0) is 18.5. The van der Waals surface area contributed by atoms with Gasteiger partial charge in [0.15, 0.2) is 0 Å². The number of hydrogen-bond acceptors (Lipinski definition) is 4. The molecular weight excluding hydrogens is 351 g/mol. The highest BCUT2D eigenvalue weighted by Gasteiger charge is 2.38. The molecule has 1 saturated heterocycles. The van der Waals surface area contributed by atoms with Crippen LogP contribution in [-0.2, 0) is 9.84 Å². The van der Waals surface area contributed by atoms with Gasteiger partial charge in [0.1, 0.15) is 5.82 Å². The Balaban J connectivity index is 1.75. The third-order valence-corrected chi connectivity index (χ3v) is 7.57. The average Bonchev–Trinajstić information content (AvgIpc) is 2.76. The van der Waals surface area contributed by atoms with Crippen molar-refractivity contribution in [2.45, 2.75) is 34.6 Å². The Hall–Kier alpha value is -1.92. The molecule has 26 heavy (non-hydrogen) atoms. The molecule has 0 aromatic heterocycles. The fourth-order valence-electron chi connectivity index (χ4n) is 4.29.